The normalized spacial score (nSPS) is 53.5. The minimum atomic E-state index is -0.462. The van der Waals surface area contributed by atoms with Crippen LogP contribution in [-0.2, 0) is 4.74 Å². The largest absolute Gasteiger partial charge is 0.390 e. The summed E-state index contributed by atoms with van der Waals surface area (Å²) in [7, 11) is 1.80. The highest BCUT2D eigenvalue weighted by molar-refractivity contribution is 5.24. The second-order valence-electron chi connectivity index (χ2n) is 4.89. The molecule has 76 valence electrons. The van der Waals surface area contributed by atoms with Crippen molar-refractivity contribution in [2.75, 3.05) is 7.11 Å². The third-order valence-electron chi connectivity index (χ3n) is 4.12. The van der Waals surface area contributed by atoms with Gasteiger partial charge in [0, 0.05) is 13.0 Å². The van der Waals surface area contributed by atoms with Crippen LogP contribution in [0.5, 0.6) is 0 Å². The minimum absolute atomic E-state index is 0.0551. The first-order valence-electron chi connectivity index (χ1n) is 5.36. The summed E-state index contributed by atoms with van der Waals surface area (Å²) in [5, 5.41) is 10.1. The van der Waals surface area contributed by atoms with Crippen molar-refractivity contribution in [1.29, 1.82) is 0 Å². The van der Waals surface area contributed by atoms with Crippen LogP contribution < -0.4 is 0 Å². The Hall–Kier alpha value is -0.0800. The number of aliphatic hydroxyl groups is 1. The van der Waals surface area contributed by atoms with E-state index < -0.39 is 5.60 Å². The summed E-state index contributed by atoms with van der Waals surface area (Å²) in [4.78, 5) is 0. The molecule has 0 aromatic carbocycles. The summed E-state index contributed by atoms with van der Waals surface area (Å²) in [5.41, 5.74) is -0.407. The molecule has 2 saturated carbocycles. The Morgan fingerprint density at radius 1 is 1.46 bits per heavy atom. The third kappa shape index (κ3) is 1.08. The van der Waals surface area contributed by atoms with Gasteiger partial charge >= 0.3 is 0 Å². The molecule has 0 radical (unpaired) electrons. The van der Waals surface area contributed by atoms with E-state index in [0.717, 1.165) is 12.8 Å². The van der Waals surface area contributed by atoms with Gasteiger partial charge in [-0.05, 0) is 32.1 Å². The van der Waals surface area contributed by atoms with Crippen molar-refractivity contribution in [2.24, 2.45) is 11.8 Å². The van der Waals surface area contributed by atoms with E-state index in [1.54, 1.807) is 7.11 Å². The van der Waals surface area contributed by atoms with Crippen LogP contribution in [0.2, 0.25) is 0 Å². The maximum absolute atomic E-state index is 10.1. The van der Waals surface area contributed by atoms with Crippen molar-refractivity contribution in [2.45, 2.75) is 50.7 Å². The predicted octanol–water partition coefficient (Wildman–Crippen LogP) is 1.96. The molecule has 0 saturated heterocycles. The fourth-order valence-electron chi connectivity index (χ4n) is 3.50. The molecule has 2 aliphatic carbocycles. The monoisotopic (exact) mass is 184 g/mol. The fraction of sp³-hybridized carbons (Fsp3) is 1.00. The van der Waals surface area contributed by atoms with E-state index in [9.17, 15) is 5.11 Å². The Morgan fingerprint density at radius 2 is 2.15 bits per heavy atom. The molecule has 2 rings (SSSR count). The first-order chi connectivity index (χ1) is 6.08. The number of hydrogen-bond donors (Lipinski definition) is 1. The molecule has 0 heterocycles. The molecular weight excluding hydrogens is 164 g/mol. The molecule has 1 N–H and O–H groups in total. The first-order valence-corrected chi connectivity index (χ1v) is 5.36. The molecule has 2 heteroatoms. The van der Waals surface area contributed by atoms with Gasteiger partial charge in [-0.25, -0.2) is 0 Å². The lowest BCUT2D eigenvalue weighted by Crippen LogP contribution is -2.25. The molecule has 4 atom stereocenters. The average Bonchev–Trinajstić information content (AvgIpc) is 2.63. The zero-order valence-electron chi connectivity index (χ0n) is 8.84. The van der Waals surface area contributed by atoms with Gasteiger partial charge in [0.2, 0.25) is 0 Å². The third-order valence-corrected chi connectivity index (χ3v) is 4.12. The Morgan fingerprint density at radius 3 is 2.62 bits per heavy atom. The molecule has 0 aliphatic heterocycles. The van der Waals surface area contributed by atoms with Crippen LogP contribution in [0.15, 0.2) is 0 Å². The lowest BCUT2D eigenvalue weighted by molar-refractivity contribution is 0.0297. The number of ether oxygens (including phenoxy) is 1. The smallest absolute Gasteiger partial charge is 0.0771 e. The Balaban J connectivity index is 2.12. The van der Waals surface area contributed by atoms with Crippen molar-refractivity contribution in [3.05, 3.63) is 0 Å². The highest BCUT2D eigenvalue weighted by Gasteiger charge is 2.74. The summed E-state index contributed by atoms with van der Waals surface area (Å²) in [6.07, 6.45) is 4.36. The van der Waals surface area contributed by atoms with E-state index in [1.807, 2.05) is 6.92 Å². The van der Waals surface area contributed by atoms with E-state index in [0.29, 0.717) is 11.8 Å². The molecule has 2 aliphatic rings. The highest BCUT2D eigenvalue weighted by atomic mass is 16.5. The minimum Gasteiger partial charge on any atom is -0.390 e. The Labute approximate surface area is 80.3 Å². The zero-order chi connectivity index (χ0) is 9.69. The topological polar surface area (TPSA) is 29.5 Å². The van der Waals surface area contributed by atoms with Gasteiger partial charge in [0.1, 0.15) is 0 Å². The van der Waals surface area contributed by atoms with Crippen LogP contribution in [-0.4, -0.2) is 23.4 Å². The van der Waals surface area contributed by atoms with Crippen LogP contribution in [0, 0.1) is 11.8 Å². The summed E-state index contributed by atoms with van der Waals surface area (Å²) in [6.45, 7) is 4.17. The van der Waals surface area contributed by atoms with Crippen LogP contribution >= 0.6 is 0 Å². The summed E-state index contributed by atoms with van der Waals surface area (Å²) < 4.78 is 5.61. The van der Waals surface area contributed by atoms with Crippen LogP contribution in [0.1, 0.15) is 39.5 Å². The maximum atomic E-state index is 10.1. The molecule has 2 nitrogen and oxygen atoms in total. The second-order valence-corrected chi connectivity index (χ2v) is 4.89. The summed E-state index contributed by atoms with van der Waals surface area (Å²) >= 11 is 0. The van der Waals surface area contributed by atoms with Crippen LogP contribution in [0.4, 0.5) is 0 Å². The Bertz CT molecular complexity index is 212. The molecule has 0 aromatic heterocycles. The number of methoxy groups -OCH3 is 1. The average molecular weight is 184 g/mol. The molecule has 0 spiro atoms. The molecule has 0 bridgehead atoms. The summed E-state index contributed by atoms with van der Waals surface area (Å²) in [6, 6.07) is 0. The van der Waals surface area contributed by atoms with Crippen LogP contribution in [0.25, 0.3) is 0 Å². The molecular formula is C11H20O2. The van der Waals surface area contributed by atoms with E-state index in [2.05, 4.69) is 6.92 Å². The number of rotatable bonds is 3. The predicted molar refractivity (Wildman–Crippen MR) is 51.5 cm³/mol. The van der Waals surface area contributed by atoms with E-state index in [-0.39, 0.29) is 5.60 Å². The van der Waals surface area contributed by atoms with Gasteiger partial charge in [0.15, 0.2) is 0 Å². The van der Waals surface area contributed by atoms with Crippen LogP contribution in [0.3, 0.4) is 0 Å². The van der Waals surface area contributed by atoms with Crippen molar-refractivity contribution in [3.63, 3.8) is 0 Å². The lowest BCUT2D eigenvalue weighted by atomic mass is 9.95. The summed E-state index contributed by atoms with van der Waals surface area (Å²) in [5.74, 6) is 1.02. The second kappa shape index (κ2) is 2.71. The molecule has 13 heavy (non-hydrogen) atoms. The van der Waals surface area contributed by atoms with Gasteiger partial charge in [-0.1, -0.05) is 13.3 Å². The van der Waals surface area contributed by atoms with Crippen molar-refractivity contribution in [3.8, 4) is 0 Å². The molecule has 0 amide bonds. The van der Waals surface area contributed by atoms with E-state index in [1.165, 1.54) is 12.8 Å². The zero-order valence-corrected chi connectivity index (χ0v) is 8.84. The highest BCUT2D eigenvalue weighted by Crippen LogP contribution is 2.68. The van der Waals surface area contributed by atoms with E-state index >= 15 is 0 Å². The standard InChI is InChI=1S/C11H20O2/c1-4-5-8-9-10(2,12)6-7-11(8,9)13-3/h8-9,12H,4-7H2,1-3H3/t8?,9-,10+,11+/m1/s1. The Kier molecular flexibility index (Phi) is 1.97. The first kappa shape index (κ1) is 9.47. The van der Waals surface area contributed by atoms with Gasteiger partial charge in [0.05, 0.1) is 11.2 Å². The number of hydrogen-bond acceptors (Lipinski definition) is 2. The van der Waals surface area contributed by atoms with Crippen molar-refractivity contribution < 1.29 is 9.84 Å². The SMILES string of the molecule is CCCC1[C@@H]2[C@@](C)(O)CC[C@]12OC. The van der Waals surface area contributed by atoms with Gasteiger partial charge in [-0.3, -0.25) is 0 Å². The lowest BCUT2D eigenvalue weighted by Gasteiger charge is -2.19. The number of fused-ring (bicyclic) bond motifs is 1. The maximum Gasteiger partial charge on any atom is 0.0771 e. The van der Waals surface area contributed by atoms with Gasteiger partial charge in [-0.2, -0.15) is 0 Å². The van der Waals surface area contributed by atoms with Crippen molar-refractivity contribution in [1.82, 2.24) is 0 Å². The van der Waals surface area contributed by atoms with Gasteiger partial charge < -0.3 is 9.84 Å². The quantitative estimate of drug-likeness (QED) is 0.726. The molecule has 1 unspecified atom stereocenters. The fourth-order valence-corrected chi connectivity index (χ4v) is 3.50. The van der Waals surface area contributed by atoms with Gasteiger partial charge in [0.25, 0.3) is 0 Å². The molecule has 2 fully saturated rings. The van der Waals surface area contributed by atoms with Gasteiger partial charge in [-0.15, -0.1) is 0 Å². The van der Waals surface area contributed by atoms with E-state index in [4.69, 9.17) is 4.74 Å². The van der Waals surface area contributed by atoms with Crippen molar-refractivity contribution >= 4 is 0 Å². The molecule has 0 aromatic rings.